The maximum absolute atomic E-state index is 13.3. The maximum atomic E-state index is 13.3. The highest BCUT2D eigenvalue weighted by Gasteiger charge is 2.22. The fourth-order valence-corrected chi connectivity index (χ4v) is 2.22. The molecule has 0 saturated heterocycles. The summed E-state index contributed by atoms with van der Waals surface area (Å²) in [6.07, 6.45) is -0.456. The zero-order valence-electron chi connectivity index (χ0n) is 10.7. The van der Waals surface area contributed by atoms with Crippen LogP contribution in [0.3, 0.4) is 0 Å². The van der Waals surface area contributed by atoms with Gasteiger partial charge >= 0.3 is 0 Å². The smallest absolute Gasteiger partial charge is 0.171 e. The number of halogens is 2. The van der Waals surface area contributed by atoms with Crippen molar-refractivity contribution >= 4 is 15.9 Å². The number of benzene rings is 1. The van der Waals surface area contributed by atoms with Gasteiger partial charge in [-0.05, 0) is 38.1 Å². The molecule has 0 amide bonds. The van der Waals surface area contributed by atoms with Gasteiger partial charge in [0.1, 0.15) is 23.1 Å². The molecule has 1 aromatic carbocycles. The van der Waals surface area contributed by atoms with Crippen molar-refractivity contribution in [2.24, 2.45) is 5.73 Å². The van der Waals surface area contributed by atoms with Crippen LogP contribution in [-0.4, -0.2) is 6.04 Å². The van der Waals surface area contributed by atoms with E-state index in [0.717, 1.165) is 5.76 Å². The van der Waals surface area contributed by atoms with Crippen LogP contribution in [0, 0.1) is 12.7 Å². The SMILES string of the molecule is Cc1ccc(C(Oc2cc(F)cc(Br)c2)C(C)N)o1. The fraction of sp³-hybridized carbons (Fsp3) is 0.286. The zero-order valence-corrected chi connectivity index (χ0v) is 12.3. The first kappa shape index (κ1) is 14.1. The third kappa shape index (κ3) is 3.58. The van der Waals surface area contributed by atoms with Gasteiger partial charge in [0, 0.05) is 16.6 Å². The Morgan fingerprint density at radius 3 is 2.58 bits per heavy atom. The molecule has 2 atom stereocenters. The van der Waals surface area contributed by atoms with Crippen molar-refractivity contribution in [3.05, 3.63) is 52.1 Å². The summed E-state index contributed by atoms with van der Waals surface area (Å²) in [7, 11) is 0. The quantitative estimate of drug-likeness (QED) is 0.924. The molecule has 0 saturated carbocycles. The normalized spacial score (nSPS) is 14.2. The molecular formula is C14H15BrFNO2. The van der Waals surface area contributed by atoms with E-state index in [1.165, 1.54) is 12.1 Å². The van der Waals surface area contributed by atoms with Crippen LogP contribution in [0.5, 0.6) is 5.75 Å². The summed E-state index contributed by atoms with van der Waals surface area (Å²) in [5.41, 5.74) is 5.91. The Morgan fingerprint density at radius 2 is 2.05 bits per heavy atom. The average molecular weight is 328 g/mol. The molecule has 1 aromatic heterocycles. The molecule has 5 heteroatoms. The number of nitrogens with two attached hydrogens (primary N) is 1. The third-order valence-corrected chi connectivity index (χ3v) is 3.08. The summed E-state index contributed by atoms with van der Waals surface area (Å²) >= 11 is 3.23. The Hall–Kier alpha value is -1.33. The number of furan rings is 1. The minimum absolute atomic E-state index is 0.285. The van der Waals surface area contributed by atoms with Crippen LogP contribution < -0.4 is 10.5 Å². The summed E-state index contributed by atoms with van der Waals surface area (Å²) in [6, 6.07) is 7.75. The second-order valence-electron chi connectivity index (χ2n) is 4.45. The van der Waals surface area contributed by atoms with Crippen molar-refractivity contribution in [2.75, 3.05) is 0 Å². The Bertz CT molecular complexity index is 548. The highest BCUT2D eigenvalue weighted by atomic mass is 79.9. The van der Waals surface area contributed by atoms with Gasteiger partial charge < -0.3 is 14.9 Å². The lowest BCUT2D eigenvalue weighted by Crippen LogP contribution is -2.28. The number of aryl methyl sites for hydroxylation is 1. The van der Waals surface area contributed by atoms with Gasteiger partial charge in [0.15, 0.2) is 6.10 Å². The number of hydrogen-bond acceptors (Lipinski definition) is 3. The lowest BCUT2D eigenvalue weighted by molar-refractivity contribution is 0.151. The van der Waals surface area contributed by atoms with Gasteiger partial charge in [-0.1, -0.05) is 15.9 Å². The standard InChI is InChI=1S/C14H15BrFNO2/c1-8-3-4-13(18-8)14(9(2)17)19-12-6-10(15)5-11(16)7-12/h3-7,9,14H,17H2,1-2H3. The molecule has 2 unspecified atom stereocenters. The van der Waals surface area contributed by atoms with Gasteiger partial charge in [0.05, 0.1) is 0 Å². The Kier molecular flexibility index (Phi) is 4.27. The first-order chi connectivity index (χ1) is 8.95. The minimum atomic E-state index is -0.456. The summed E-state index contributed by atoms with van der Waals surface area (Å²) in [5.74, 6) is 1.45. The van der Waals surface area contributed by atoms with Crippen molar-refractivity contribution in [3.8, 4) is 5.75 Å². The molecule has 0 bridgehead atoms. The predicted octanol–water partition coefficient (Wildman–Crippen LogP) is 3.96. The summed E-state index contributed by atoms with van der Waals surface area (Å²) in [6.45, 7) is 3.66. The second kappa shape index (κ2) is 5.75. The molecule has 0 radical (unpaired) electrons. The van der Waals surface area contributed by atoms with Crippen LogP contribution in [0.15, 0.2) is 39.2 Å². The van der Waals surface area contributed by atoms with E-state index in [1.54, 1.807) is 6.07 Å². The van der Waals surface area contributed by atoms with Crippen LogP contribution in [0.4, 0.5) is 4.39 Å². The molecule has 2 aromatic rings. The largest absolute Gasteiger partial charge is 0.481 e. The van der Waals surface area contributed by atoms with E-state index in [2.05, 4.69) is 15.9 Å². The van der Waals surface area contributed by atoms with Gasteiger partial charge in [-0.2, -0.15) is 0 Å². The number of ether oxygens (including phenoxy) is 1. The lowest BCUT2D eigenvalue weighted by Gasteiger charge is -2.20. The Balaban J connectivity index is 2.26. The summed E-state index contributed by atoms with van der Waals surface area (Å²) in [4.78, 5) is 0. The highest BCUT2D eigenvalue weighted by molar-refractivity contribution is 9.10. The van der Waals surface area contributed by atoms with Gasteiger partial charge in [-0.15, -0.1) is 0 Å². The molecule has 0 aliphatic carbocycles. The molecular weight excluding hydrogens is 313 g/mol. The third-order valence-electron chi connectivity index (χ3n) is 2.62. The van der Waals surface area contributed by atoms with Gasteiger partial charge in [-0.3, -0.25) is 0 Å². The fourth-order valence-electron chi connectivity index (χ4n) is 1.77. The van der Waals surface area contributed by atoms with Crippen LogP contribution in [0.1, 0.15) is 24.5 Å². The second-order valence-corrected chi connectivity index (χ2v) is 5.37. The molecule has 0 fully saturated rings. The number of rotatable bonds is 4. The molecule has 0 aliphatic heterocycles. The van der Waals surface area contributed by atoms with Gasteiger partial charge in [-0.25, -0.2) is 4.39 Å². The molecule has 0 spiro atoms. The first-order valence-corrected chi connectivity index (χ1v) is 6.69. The van der Waals surface area contributed by atoms with Crippen molar-refractivity contribution in [3.63, 3.8) is 0 Å². The Labute approximate surface area is 119 Å². The van der Waals surface area contributed by atoms with E-state index in [4.69, 9.17) is 14.9 Å². The minimum Gasteiger partial charge on any atom is -0.481 e. The van der Waals surface area contributed by atoms with Gasteiger partial charge in [0.25, 0.3) is 0 Å². The highest BCUT2D eigenvalue weighted by Crippen LogP contribution is 2.28. The van der Waals surface area contributed by atoms with Crippen LogP contribution in [-0.2, 0) is 0 Å². The predicted molar refractivity (Wildman–Crippen MR) is 74.6 cm³/mol. The molecule has 2 N–H and O–H groups in total. The van der Waals surface area contributed by atoms with Crippen molar-refractivity contribution in [2.45, 2.75) is 26.0 Å². The summed E-state index contributed by atoms with van der Waals surface area (Å²) < 4.78 is 25.2. The molecule has 19 heavy (non-hydrogen) atoms. The van der Waals surface area contributed by atoms with E-state index in [0.29, 0.717) is 16.0 Å². The van der Waals surface area contributed by atoms with E-state index >= 15 is 0 Å². The Morgan fingerprint density at radius 1 is 1.32 bits per heavy atom. The monoisotopic (exact) mass is 327 g/mol. The average Bonchev–Trinajstić information content (AvgIpc) is 2.70. The van der Waals surface area contributed by atoms with Gasteiger partial charge in [0.2, 0.25) is 0 Å². The van der Waals surface area contributed by atoms with E-state index in [-0.39, 0.29) is 11.9 Å². The topological polar surface area (TPSA) is 48.4 Å². The molecule has 102 valence electrons. The molecule has 2 rings (SSSR count). The molecule has 1 heterocycles. The van der Waals surface area contributed by atoms with E-state index < -0.39 is 6.10 Å². The van der Waals surface area contributed by atoms with Crippen LogP contribution >= 0.6 is 15.9 Å². The molecule has 0 aliphatic rings. The van der Waals surface area contributed by atoms with Crippen LogP contribution in [0.25, 0.3) is 0 Å². The molecule has 3 nitrogen and oxygen atoms in total. The van der Waals surface area contributed by atoms with E-state index in [1.807, 2.05) is 26.0 Å². The first-order valence-electron chi connectivity index (χ1n) is 5.90. The maximum Gasteiger partial charge on any atom is 0.171 e. The zero-order chi connectivity index (χ0) is 14.0. The number of hydrogen-bond donors (Lipinski definition) is 1. The van der Waals surface area contributed by atoms with Crippen LogP contribution in [0.2, 0.25) is 0 Å². The van der Waals surface area contributed by atoms with Crippen molar-refractivity contribution < 1.29 is 13.5 Å². The van der Waals surface area contributed by atoms with Crippen molar-refractivity contribution in [1.82, 2.24) is 0 Å². The van der Waals surface area contributed by atoms with E-state index in [9.17, 15) is 4.39 Å². The lowest BCUT2D eigenvalue weighted by atomic mass is 10.1. The van der Waals surface area contributed by atoms with Crippen molar-refractivity contribution in [1.29, 1.82) is 0 Å². The summed E-state index contributed by atoms with van der Waals surface area (Å²) in [5, 5.41) is 0.